The first kappa shape index (κ1) is 11.3. The summed E-state index contributed by atoms with van der Waals surface area (Å²) >= 11 is 0. The lowest BCUT2D eigenvalue weighted by molar-refractivity contribution is 0.0263. The van der Waals surface area contributed by atoms with Crippen LogP contribution in [0.4, 0.5) is 4.79 Å². The maximum Gasteiger partial charge on any atom is 0.509 e. The van der Waals surface area contributed by atoms with Crippen LogP contribution in [-0.2, 0) is 23.8 Å². The van der Waals surface area contributed by atoms with E-state index < -0.39 is 21.7 Å². The molecular weight excluding hydrogens is 212 g/mol. The molecule has 0 amide bonds. The van der Waals surface area contributed by atoms with E-state index in [1.807, 2.05) is 0 Å². The van der Waals surface area contributed by atoms with Crippen molar-refractivity contribution in [3.05, 3.63) is 0 Å². The van der Waals surface area contributed by atoms with E-state index in [2.05, 4.69) is 13.7 Å². The van der Waals surface area contributed by atoms with Gasteiger partial charge in [0.05, 0.1) is 12.7 Å². The van der Waals surface area contributed by atoms with Gasteiger partial charge in [0.1, 0.15) is 0 Å². The molecule has 1 rings (SSSR count). The van der Waals surface area contributed by atoms with Gasteiger partial charge in [-0.1, -0.05) is 0 Å². The Balaban J connectivity index is 2.49. The Kier molecular flexibility index (Phi) is 3.33. The number of hydrogen-bond acceptors (Lipinski definition) is 6. The van der Waals surface area contributed by atoms with E-state index >= 15 is 0 Å². The average Bonchev–Trinajstić information content (AvgIpc) is 2.29. The lowest BCUT2D eigenvalue weighted by Crippen LogP contribution is -2.24. The molecule has 1 atom stereocenters. The molecule has 0 aromatic rings. The Hall–Kier alpha value is -0.820. The van der Waals surface area contributed by atoms with Gasteiger partial charge in [0.2, 0.25) is 5.44 Å². The van der Waals surface area contributed by atoms with Gasteiger partial charge in [-0.25, -0.2) is 4.79 Å². The van der Waals surface area contributed by atoms with Gasteiger partial charge in [-0.2, -0.15) is 8.42 Å². The molecule has 1 fully saturated rings. The largest absolute Gasteiger partial charge is 0.509 e. The van der Waals surface area contributed by atoms with Crippen molar-refractivity contribution in [2.24, 2.45) is 0 Å². The Morgan fingerprint density at radius 3 is 2.57 bits per heavy atom. The molecule has 6 nitrogen and oxygen atoms in total. The second kappa shape index (κ2) is 4.14. The second-order valence-corrected chi connectivity index (χ2v) is 4.81. The first-order valence-electron chi connectivity index (χ1n) is 4.17. The molecule has 1 saturated heterocycles. The van der Waals surface area contributed by atoms with Crippen LogP contribution in [0.3, 0.4) is 0 Å². The fourth-order valence-electron chi connectivity index (χ4n) is 0.926. The van der Waals surface area contributed by atoms with Crippen molar-refractivity contribution >= 4 is 16.3 Å². The fraction of sp³-hybridized carbons (Fsp3) is 0.857. The molecule has 0 saturated carbocycles. The van der Waals surface area contributed by atoms with Crippen LogP contribution < -0.4 is 0 Å². The minimum absolute atomic E-state index is 0.0436. The van der Waals surface area contributed by atoms with Gasteiger partial charge in [0.15, 0.2) is 0 Å². The summed E-state index contributed by atoms with van der Waals surface area (Å²) in [6.45, 7) is 3.32. The van der Waals surface area contributed by atoms with E-state index in [-0.39, 0.29) is 19.1 Å². The van der Waals surface area contributed by atoms with Gasteiger partial charge >= 0.3 is 16.3 Å². The number of hydrogen-bond donors (Lipinski definition) is 0. The third kappa shape index (κ3) is 2.85. The molecule has 1 heterocycles. The molecule has 0 aromatic carbocycles. The van der Waals surface area contributed by atoms with Crippen LogP contribution >= 0.6 is 0 Å². The van der Waals surface area contributed by atoms with Crippen LogP contribution in [0, 0.1) is 0 Å². The molecule has 82 valence electrons. The van der Waals surface area contributed by atoms with Crippen LogP contribution in [0.1, 0.15) is 20.3 Å². The zero-order valence-corrected chi connectivity index (χ0v) is 8.74. The number of carbonyl (C=O) groups excluding carboxylic acids is 1. The quantitative estimate of drug-likeness (QED) is 0.505. The third-order valence-corrected chi connectivity index (χ3v) is 2.95. The van der Waals surface area contributed by atoms with Crippen molar-refractivity contribution in [2.75, 3.05) is 6.61 Å². The van der Waals surface area contributed by atoms with Crippen LogP contribution in [0.5, 0.6) is 0 Å². The zero-order chi connectivity index (χ0) is 10.8. The summed E-state index contributed by atoms with van der Waals surface area (Å²) in [5.41, 5.74) is -1.23. The molecule has 0 N–H and O–H groups in total. The van der Waals surface area contributed by atoms with Crippen LogP contribution in [0.2, 0.25) is 0 Å². The first-order valence-corrected chi connectivity index (χ1v) is 5.64. The van der Waals surface area contributed by atoms with Gasteiger partial charge in [-0.3, -0.25) is 4.18 Å². The maximum atomic E-state index is 11.0. The van der Waals surface area contributed by atoms with E-state index in [1.165, 1.54) is 0 Å². The highest BCUT2D eigenvalue weighted by Gasteiger charge is 2.36. The van der Waals surface area contributed by atoms with Crippen molar-refractivity contribution in [1.29, 1.82) is 0 Å². The molecule has 7 heteroatoms. The molecule has 1 aliphatic heterocycles. The standard InChI is InChI=1S/C7H12O6S/c1-5(2)12-7(8)13-6-3-4-11-14(6,9)10/h5-6H,3-4H2,1-2H3. The predicted molar refractivity (Wildman–Crippen MR) is 46.0 cm³/mol. The molecule has 14 heavy (non-hydrogen) atoms. The van der Waals surface area contributed by atoms with Gasteiger partial charge < -0.3 is 9.47 Å². The van der Waals surface area contributed by atoms with E-state index in [0.29, 0.717) is 0 Å². The molecule has 0 spiro atoms. The molecule has 0 radical (unpaired) electrons. The Morgan fingerprint density at radius 1 is 1.50 bits per heavy atom. The van der Waals surface area contributed by atoms with Gasteiger partial charge in [0, 0.05) is 6.42 Å². The van der Waals surface area contributed by atoms with Crippen molar-refractivity contribution < 1.29 is 26.9 Å². The molecule has 0 bridgehead atoms. The van der Waals surface area contributed by atoms with E-state index in [0.717, 1.165) is 0 Å². The predicted octanol–water partition coefficient (Wildman–Crippen LogP) is 0.624. The van der Waals surface area contributed by atoms with Crippen molar-refractivity contribution in [1.82, 2.24) is 0 Å². The summed E-state index contributed by atoms with van der Waals surface area (Å²) in [6, 6.07) is 0. The topological polar surface area (TPSA) is 78.9 Å². The minimum Gasteiger partial charge on any atom is -0.432 e. The molecular formula is C7H12O6S. The summed E-state index contributed by atoms with van der Waals surface area (Å²) in [7, 11) is -3.74. The lowest BCUT2D eigenvalue weighted by Gasteiger charge is -2.11. The molecule has 1 unspecified atom stereocenters. The highest BCUT2D eigenvalue weighted by Crippen LogP contribution is 2.19. The highest BCUT2D eigenvalue weighted by molar-refractivity contribution is 7.87. The molecule has 0 aromatic heterocycles. The van der Waals surface area contributed by atoms with Crippen molar-refractivity contribution in [3.8, 4) is 0 Å². The first-order chi connectivity index (χ1) is 6.42. The smallest absolute Gasteiger partial charge is 0.432 e. The van der Waals surface area contributed by atoms with E-state index in [9.17, 15) is 13.2 Å². The highest BCUT2D eigenvalue weighted by atomic mass is 32.2. The lowest BCUT2D eigenvalue weighted by atomic mass is 10.5. The monoisotopic (exact) mass is 224 g/mol. The van der Waals surface area contributed by atoms with E-state index in [4.69, 9.17) is 0 Å². The van der Waals surface area contributed by atoms with Gasteiger partial charge in [-0.15, -0.1) is 0 Å². The Bertz CT molecular complexity index is 306. The SMILES string of the molecule is CC(C)OC(=O)OC1CCOS1(=O)=O. The Labute approximate surface area is 82.3 Å². The van der Waals surface area contributed by atoms with Gasteiger partial charge in [-0.05, 0) is 13.8 Å². The summed E-state index contributed by atoms with van der Waals surface area (Å²) in [5.74, 6) is 0. The van der Waals surface area contributed by atoms with Crippen LogP contribution in [0.25, 0.3) is 0 Å². The van der Waals surface area contributed by atoms with E-state index in [1.54, 1.807) is 13.8 Å². The summed E-state index contributed by atoms with van der Waals surface area (Å²) < 4.78 is 35.6. The van der Waals surface area contributed by atoms with Crippen LogP contribution in [0.15, 0.2) is 0 Å². The fourth-order valence-corrected chi connectivity index (χ4v) is 1.99. The van der Waals surface area contributed by atoms with Crippen LogP contribution in [-0.4, -0.2) is 32.7 Å². The summed E-state index contributed by atoms with van der Waals surface area (Å²) in [4.78, 5) is 10.9. The number of carbonyl (C=O) groups is 1. The van der Waals surface area contributed by atoms with Gasteiger partial charge in [0.25, 0.3) is 0 Å². The third-order valence-electron chi connectivity index (χ3n) is 1.48. The molecule has 0 aliphatic carbocycles. The van der Waals surface area contributed by atoms with Crippen molar-refractivity contribution in [3.63, 3.8) is 0 Å². The minimum atomic E-state index is -3.74. The van der Waals surface area contributed by atoms with Crippen molar-refractivity contribution in [2.45, 2.75) is 31.8 Å². The normalized spacial score (nSPS) is 24.9. The number of rotatable bonds is 2. The Morgan fingerprint density at radius 2 is 2.14 bits per heavy atom. The average molecular weight is 224 g/mol. The zero-order valence-electron chi connectivity index (χ0n) is 7.93. The second-order valence-electron chi connectivity index (χ2n) is 3.07. The molecule has 1 aliphatic rings. The number of ether oxygens (including phenoxy) is 2. The maximum absolute atomic E-state index is 11.0. The summed E-state index contributed by atoms with van der Waals surface area (Å²) in [6.07, 6.45) is -1.18. The summed E-state index contributed by atoms with van der Waals surface area (Å²) in [5, 5.41) is 0.